The van der Waals surface area contributed by atoms with Gasteiger partial charge in [-0.2, -0.15) is 0 Å². The van der Waals surface area contributed by atoms with Crippen LogP contribution in [0.4, 0.5) is 17.2 Å². The predicted molar refractivity (Wildman–Crippen MR) is 228 cm³/mol. The van der Waals surface area contributed by atoms with Crippen LogP contribution in [0.1, 0.15) is 73.0 Å². The highest BCUT2D eigenvalue weighted by atomic mass is 16.5. The van der Waals surface area contributed by atoms with Crippen LogP contribution in [0.5, 0.6) is 5.75 Å². The Morgan fingerprint density at radius 2 is 1.59 bits per heavy atom. The number of carbonyl (C=O) groups is 4. The van der Waals surface area contributed by atoms with Gasteiger partial charge in [0.05, 0.1) is 23.7 Å². The molecule has 0 unspecified atom stereocenters. The summed E-state index contributed by atoms with van der Waals surface area (Å²) in [4.78, 5) is 63.7. The minimum atomic E-state index is -0.266. The van der Waals surface area contributed by atoms with E-state index in [0.717, 1.165) is 64.9 Å². The van der Waals surface area contributed by atoms with Gasteiger partial charge in [-0.15, -0.1) is 0 Å². The molecule has 0 bridgehead atoms. The normalized spacial score (nSPS) is 14.6. The summed E-state index contributed by atoms with van der Waals surface area (Å²) in [6.45, 7) is 2.95. The molecule has 2 N–H and O–H groups in total. The third-order valence-electron chi connectivity index (χ3n) is 10.8. The van der Waals surface area contributed by atoms with E-state index in [0.29, 0.717) is 28.5 Å². The summed E-state index contributed by atoms with van der Waals surface area (Å²) >= 11 is 0. The number of imidazole rings is 1. The Hall–Kier alpha value is -7.08. The standard InChI is InChI=1S/C47H45N7O5/c1-30-20-38-39(48-26-37-14-7-8-19-54(37)47(38)58)25-42(30)59-29-33-11-9-10-32(21-33)23-44(56)50-43-28-53(3)45(51-43)41(55)22-31-15-17-34(18-16-31)35-24-40(52(2)27-35)46(57)49-36-12-5-4-6-13-36/h4-6,9-13,15-18,20-21,24-28,37H,7-8,14,19,22-23,29H2,1-3H3,(H,49,57)(H,50,56)/t37-/m0/s1. The Morgan fingerprint density at radius 1 is 0.797 bits per heavy atom. The number of fused-ring (bicyclic) bond motifs is 2. The molecule has 1 fully saturated rings. The van der Waals surface area contributed by atoms with Gasteiger partial charge in [0.15, 0.2) is 11.6 Å². The Bertz CT molecular complexity index is 2590. The van der Waals surface area contributed by atoms with E-state index in [-0.39, 0.29) is 54.8 Å². The van der Waals surface area contributed by atoms with Gasteiger partial charge in [0.2, 0.25) is 11.7 Å². The maximum absolute atomic E-state index is 13.4. The fourth-order valence-electron chi connectivity index (χ4n) is 7.69. The van der Waals surface area contributed by atoms with Gasteiger partial charge in [0.25, 0.3) is 11.8 Å². The lowest BCUT2D eigenvalue weighted by Gasteiger charge is -2.32. The van der Waals surface area contributed by atoms with E-state index in [2.05, 4.69) is 20.6 Å². The van der Waals surface area contributed by atoms with Crippen LogP contribution in [-0.4, -0.2) is 61.3 Å². The maximum atomic E-state index is 13.4. The van der Waals surface area contributed by atoms with Gasteiger partial charge >= 0.3 is 0 Å². The van der Waals surface area contributed by atoms with Crippen LogP contribution in [0.3, 0.4) is 0 Å². The summed E-state index contributed by atoms with van der Waals surface area (Å²) in [5.74, 6) is 0.549. The number of rotatable bonds is 12. The molecule has 0 saturated carbocycles. The number of carbonyl (C=O) groups excluding carboxylic acids is 4. The first-order chi connectivity index (χ1) is 28.6. The second kappa shape index (κ2) is 16.8. The van der Waals surface area contributed by atoms with Crippen molar-refractivity contribution in [1.82, 2.24) is 19.0 Å². The molecular formula is C47H45N7O5. The highest BCUT2D eigenvalue weighted by molar-refractivity contribution is 6.04. The van der Waals surface area contributed by atoms with Gasteiger partial charge in [-0.25, -0.2) is 4.98 Å². The number of para-hydroxylation sites is 1. The third-order valence-corrected chi connectivity index (χ3v) is 10.8. The number of anilines is 2. The molecule has 6 aromatic rings. The molecule has 2 aliphatic heterocycles. The lowest BCUT2D eigenvalue weighted by molar-refractivity contribution is -0.115. The number of ether oxygens (including phenoxy) is 1. The van der Waals surface area contributed by atoms with Crippen molar-refractivity contribution in [1.29, 1.82) is 0 Å². The average molecular weight is 788 g/mol. The van der Waals surface area contributed by atoms with E-state index in [1.54, 1.807) is 22.4 Å². The molecule has 4 heterocycles. The number of piperidine rings is 1. The number of Topliss-reactive ketones (excluding diaryl/α,β-unsaturated/α-hetero) is 1. The molecule has 4 aromatic carbocycles. The van der Waals surface area contributed by atoms with Crippen molar-refractivity contribution >= 4 is 46.9 Å². The Morgan fingerprint density at radius 3 is 2.41 bits per heavy atom. The zero-order chi connectivity index (χ0) is 41.0. The van der Waals surface area contributed by atoms with Gasteiger partial charge in [-0.1, -0.05) is 66.7 Å². The summed E-state index contributed by atoms with van der Waals surface area (Å²) < 4.78 is 9.63. The van der Waals surface area contributed by atoms with Crippen LogP contribution < -0.4 is 15.4 Å². The fraction of sp³-hybridized carbons (Fsp3) is 0.234. The lowest BCUT2D eigenvalue weighted by Crippen LogP contribution is -2.43. The average Bonchev–Trinajstić information content (AvgIpc) is 3.77. The number of aromatic nitrogens is 3. The van der Waals surface area contributed by atoms with Crippen LogP contribution >= 0.6 is 0 Å². The molecule has 298 valence electrons. The Labute approximate surface area is 342 Å². The van der Waals surface area contributed by atoms with Crippen LogP contribution in [0.25, 0.3) is 11.1 Å². The van der Waals surface area contributed by atoms with E-state index in [1.165, 1.54) is 0 Å². The topological polar surface area (TPSA) is 140 Å². The van der Waals surface area contributed by atoms with Crippen LogP contribution in [-0.2, 0) is 38.3 Å². The monoisotopic (exact) mass is 787 g/mol. The highest BCUT2D eigenvalue weighted by Crippen LogP contribution is 2.34. The van der Waals surface area contributed by atoms with Gasteiger partial charge < -0.3 is 29.4 Å². The third kappa shape index (κ3) is 8.76. The largest absolute Gasteiger partial charge is 0.489 e. The van der Waals surface area contributed by atoms with Crippen LogP contribution in [0, 0.1) is 6.92 Å². The van der Waals surface area contributed by atoms with E-state index in [4.69, 9.17) is 4.74 Å². The first-order valence-electron chi connectivity index (χ1n) is 19.8. The van der Waals surface area contributed by atoms with E-state index < -0.39 is 0 Å². The zero-order valence-corrected chi connectivity index (χ0v) is 33.3. The first-order valence-corrected chi connectivity index (χ1v) is 19.8. The van der Waals surface area contributed by atoms with E-state index in [1.807, 2.05) is 128 Å². The number of ketones is 1. The van der Waals surface area contributed by atoms with Gasteiger partial charge in [-0.3, -0.25) is 24.2 Å². The molecule has 0 spiro atoms. The van der Waals surface area contributed by atoms with Crippen molar-refractivity contribution in [3.63, 3.8) is 0 Å². The van der Waals surface area contributed by atoms with Crippen molar-refractivity contribution in [3.8, 4) is 16.9 Å². The van der Waals surface area contributed by atoms with Gasteiger partial charge in [-0.05, 0) is 78.3 Å². The molecule has 12 nitrogen and oxygen atoms in total. The summed E-state index contributed by atoms with van der Waals surface area (Å²) in [6.07, 6.45) is 8.68. The number of nitrogens with one attached hydrogen (secondary N) is 2. The fourth-order valence-corrected chi connectivity index (χ4v) is 7.69. The molecule has 0 radical (unpaired) electrons. The van der Waals surface area contributed by atoms with Crippen molar-refractivity contribution in [2.75, 3.05) is 17.2 Å². The number of hydrogen-bond acceptors (Lipinski definition) is 7. The second-order valence-electron chi connectivity index (χ2n) is 15.2. The van der Waals surface area contributed by atoms with Crippen molar-refractivity contribution in [2.24, 2.45) is 19.1 Å². The maximum Gasteiger partial charge on any atom is 0.272 e. The number of aliphatic imine (C=N–C) groups is 1. The summed E-state index contributed by atoms with van der Waals surface area (Å²) in [6, 6.07) is 30.2. The zero-order valence-electron chi connectivity index (χ0n) is 33.3. The molecular weight excluding hydrogens is 743 g/mol. The number of hydrogen-bond donors (Lipinski definition) is 2. The summed E-state index contributed by atoms with van der Waals surface area (Å²) in [5.41, 5.74) is 7.63. The summed E-state index contributed by atoms with van der Waals surface area (Å²) in [5, 5.41) is 5.76. The minimum Gasteiger partial charge on any atom is -0.489 e. The number of amides is 3. The van der Waals surface area contributed by atoms with Crippen molar-refractivity contribution in [2.45, 2.75) is 51.7 Å². The smallest absolute Gasteiger partial charge is 0.272 e. The van der Waals surface area contributed by atoms with E-state index in [9.17, 15) is 19.2 Å². The Balaban J connectivity index is 0.849. The SMILES string of the molecule is Cc1cc2c(cc1OCc1cccc(CC(=O)Nc3cn(C)c(C(=O)Cc4ccc(-c5cc(C(=O)Nc6ccccc6)n(C)c5)cc4)n3)c1)N=C[C@@H]1CCCCN1C2=O. The lowest BCUT2D eigenvalue weighted by atomic mass is 10.0. The molecule has 12 heteroatoms. The second-order valence-corrected chi connectivity index (χ2v) is 15.2. The molecule has 0 aliphatic carbocycles. The van der Waals surface area contributed by atoms with Crippen molar-refractivity contribution in [3.05, 3.63) is 149 Å². The molecule has 59 heavy (non-hydrogen) atoms. The predicted octanol–water partition coefficient (Wildman–Crippen LogP) is 7.88. The molecule has 2 aromatic heterocycles. The minimum absolute atomic E-state index is 0.0192. The first kappa shape index (κ1) is 38.8. The van der Waals surface area contributed by atoms with E-state index >= 15 is 0 Å². The number of nitrogens with zero attached hydrogens (tertiary/aromatic N) is 5. The molecule has 3 amide bonds. The summed E-state index contributed by atoms with van der Waals surface area (Å²) in [7, 11) is 3.56. The number of benzene rings is 4. The van der Waals surface area contributed by atoms with Gasteiger partial charge in [0, 0.05) is 63.0 Å². The quantitative estimate of drug-likeness (QED) is 0.121. The molecule has 2 aliphatic rings. The highest BCUT2D eigenvalue weighted by Gasteiger charge is 2.30. The molecule has 1 saturated heterocycles. The molecule has 1 atom stereocenters. The van der Waals surface area contributed by atoms with Crippen LogP contribution in [0.15, 0.2) is 114 Å². The Kier molecular flexibility index (Phi) is 11.0. The van der Waals surface area contributed by atoms with Crippen molar-refractivity contribution < 1.29 is 23.9 Å². The molecule has 8 rings (SSSR count). The van der Waals surface area contributed by atoms with Gasteiger partial charge in [0.1, 0.15) is 18.1 Å². The van der Waals surface area contributed by atoms with Crippen LogP contribution in [0.2, 0.25) is 0 Å². The number of aryl methyl sites for hydroxylation is 3.